The summed E-state index contributed by atoms with van der Waals surface area (Å²) in [5.74, 6) is 2.21. The van der Waals surface area contributed by atoms with E-state index in [1.54, 1.807) is 11.3 Å². The van der Waals surface area contributed by atoms with Crippen molar-refractivity contribution in [1.82, 2.24) is 9.97 Å². The van der Waals surface area contributed by atoms with Crippen molar-refractivity contribution < 1.29 is 0 Å². The SMILES string of the molecule is CCc1nc(N)c(C)c(NCCc2ccsc2)n1. The van der Waals surface area contributed by atoms with E-state index in [4.69, 9.17) is 5.73 Å². The van der Waals surface area contributed by atoms with E-state index in [-0.39, 0.29) is 0 Å². The third kappa shape index (κ3) is 2.98. The van der Waals surface area contributed by atoms with Crippen molar-refractivity contribution in [1.29, 1.82) is 0 Å². The number of rotatable bonds is 5. The average molecular weight is 262 g/mol. The van der Waals surface area contributed by atoms with Gasteiger partial charge < -0.3 is 11.1 Å². The van der Waals surface area contributed by atoms with Crippen LogP contribution >= 0.6 is 11.3 Å². The molecule has 0 aromatic carbocycles. The van der Waals surface area contributed by atoms with Gasteiger partial charge in [0.25, 0.3) is 0 Å². The minimum atomic E-state index is 0.569. The summed E-state index contributed by atoms with van der Waals surface area (Å²) in [6.07, 6.45) is 1.79. The molecule has 0 aliphatic carbocycles. The highest BCUT2D eigenvalue weighted by atomic mass is 32.1. The standard InChI is InChI=1S/C13H18N4S/c1-3-11-16-12(14)9(2)13(17-11)15-6-4-10-5-7-18-8-10/h5,7-8H,3-4,6H2,1-2H3,(H3,14,15,16,17). The number of nitrogens with two attached hydrogens (primary N) is 1. The molecule has 0 fully saturated rings. The van der Waals surface area contributed by atoms with Gasteiger partial charge in [0.05, 0.1) is 0 Å². The number of nitrogen functional groups attached to an aromatic ring is 1. The number of nitrogens with zero attached hydrogens (tertiary/aromatic N) is 2. The van der Waals surface area contributed by atoms with Crippen molar-refractivity contribution in [2.45, 2.75) is 26.7 Å². The molecule has 0 aliphatic heterocycles. The van der Waals surface area contributed by atoms with Crippen molar-refractivity contribution in [3.8, 4) is 0 Å². The molecule has 0 bridgehead atoms. The predicted octanol–water partition coefficient (Wildman–Crippen LogP) is 2.65. The highest BCUT2D eigenvalue weighted by Crippen LogP contribution is 2.17. The lowest BCUT2D eigenvalue weighted by Crippen LogP contribution is -2.11. The van der Waals surface area contributed by atoms with Crippen molar-refractivity contribution in [2.24, 2.45) is 0 Å². The van der Waals surface area contributed by atoms with Crippen LogP contribution in [-0.2, 0) is 12.8 Å². The van der Waals surface area contributed by atoms with Crippen LogP contribution in [0.2, 0.25) is 0 Å². The molecule has 0 radical (unpaired) electrons. The van der Waals surface area contributed by atoms with E-state index in [1.807, 2.05) is 13.8 Å². The van der Waals surface area contributed by atoms with Crippen LogP contribution in [-0.4, -0.2) is 16.5 Å². The van der Waals surface area contributed by atoms with Gasteiger partial charge in [-0.05, 0) is 35.7 Å². The van der Waals surface area contributed by atoms with Crippen molar-refractivity contribution >= 4 is 23.0 Å². The second-order valence-corrected chi connectivity index (χ2v) is 4.94. The van der Waals surface area contributed by atoms with E-state index in [0.29, 0.717) is 5.82 Å². The predicted molar refractivity (Wildman–Crippen MR) is 77.1 cm³/mol. The van der Waals surface area contributed by atoms with Crippen LogP contribution in [0.5, 0.6) is 0 Å². The highest BCUT2D eigenvalue weighted by molar-refractivity contribution is 7.07. The first-order valence-corrected chi connectivity index (χ1v) is 7.03. The monoisotopic (exact) mass is 262 g/mol. The number of nitrogens with one attached hydrogen (secondary N) is 1. The van der Waals surface area contributed by atoms with E-state index < -0.39 is 0 Å². The number of hydrogen-bond donors (Lipinski definition) is 2. The molecule has 0 spiro atoms. The summed E-state index contributed by atoms with van der Waals surface area (Å²) in [5.41, 5.74) is 8.15. The Hall–Kier alpha value is -1.62. The maximum Gasteiger partial charge on any atom is 0.134 e. The number of aryl methyl sites for hydroxylation is 1. The molecule has 3 N–H and O–H groups in total. The first kappa shape index (κ1) is 12.8. The Morgan fingerprint density at radius 3 is 2.89 bits per heavy atom. The normalized spacial score (nSPS) is 10.6. The van der Waals surface area contributed by atoms with Crippen molar-refractivity contribution in [2.75, 3.05) is 17.6 Å². The Morgan fingerprint density at radius 2 is 2.22 bits per heavy atom. The molecule has 2 aromatic heterocycles. The molecular weight excluding hydrogens is 244 g/mol. The van der Waals surface area contributed by atoms with Crippen molar-refractivity contribution in [3.63, 3.8) is 0 Å². The number of hydrogen-bond acceptors (Lipinski definition) is 5. The Bertz CT molecular complexity index is 508. The first-order chi connectivity index (χ1) is 8.70. The molecule has 0 saturated heterocycles. The topological polar surface area (TPSA) is 63.8 Å². The van der Waals surface area contributed by atoms with Crippen LogP contribution < -0.4 is 11.1 Å². The van der Waals surface area contributed by atoms with E-state index in [0.717, 1.165) is 36.6 Å². The minimum Gasteiger partial charge on any atom is -0.383 e. The van der Waals surface area contributed by atoms with E-state index >= 15 is 0 Å². The Morgan fingerprint density at radius 1 is 1.39 bits per heavy atom. The molecule has 2 heterocycles. The second-order valence-electron chi connectivity index (χ2n) is 4.16. The minimum absolute atomic E-state index is 0.569. The third-order valence-electron chi connectivity index (χ3n) is 2.83. The average Bonchev–Trinajstić information content (AvgIpc) is 2.87. The molecule has 0 aliphatic rings. The summed E-state index contributed by atoms with van der Waals surface area (Å²) < 4.78 is 0. The zero-order valence-electron chi connectivity index (χ0n) is 10.7. The zero-order valence-corrected chi connectivity index (χ0v) is 11.5. The number of thiophene rings is 1. The lowest BCUT2D eigenvalue weighted by molar-refractivity contribution is 0.921. The Labute approximate surface area is 111 Å². The van der Waals surface area contributed by atoms with E-state index in [2.05, 4.69) is 32.1 Å². The molecule has 0 saturated carbocycles. The van der Waals surface area contributed by atoms with Crippen LogP contribution in [0.1, 0.15) is 23.9 Å². The summed E-state index contributed by atoms with van der Waals surface area (Å²) in [4.78, 5) is 8.71. The molecule has 96 valence electrons. The van der Waals surface area contributed by atoms with Crippen LogP contribution in [0.15, 0.2) is 16.8 Å². The van der Waals surface area contributed by atoms with E-state index in [1.165, 1.54) is 5.56 Å². The van der Waals surface area contributed by atoms with Crippen LogP contribution in [0.25, 0.3) is 0 Å². The van der Waals surface area contributed by atoms with Crippen LogP contribution in [0.4, 0.5) is 11.6 Å². The molecule has 18 heavy (non-hydrogen) atoms. The number of aromatic nitrogens is 2. The number of anilines is 2. The van der Waals surface area contributed by atoms with Crippen LogP contribution in [0, 0.1) is 6.92 Å². The molecule has 0 atom stereocenters. The Balaban J connectivity index is 2.02. The van der Waals surface area contributed by atoms with Gasteiger partial charge in [0.1, 0.15) is 17.5 Å². The fourth-order valence-electron chi connectivity index (χ4n) is 1.67. The summed E-state index contributed by atoms with van der Waals surface area (Å²) in [6, 6.07) is 2.14. The summed E-state index contributed by atoms with van der Waals surface area (Å²) in [6.45, 7) is 4.83. The van der Waals surface area contributed by atoms with Gasteiger partial charge in [0, 0.05) is 18.5 Å². The maximum absolute atomic E-state index is 5.87. The van der Waals surface area contributed by atoms with Gasteiger partial charge in [-0.25, -0.2) is 9.97 Å². The first-order valence-electron chi connectivity index (χ1n) is 6.08. The Kier molecular flexibility index (Phi) is 4.15. The van der Waals surface area contributed by atoms with Crippen molar-refractivity contribution in [3.05, 3.63) is 33.8 Å². The van der Waals surface area contributed by atoms with Gasteiger partial charge in [-0.2, -0.15) is 11.3 Å². The molecule has 0 unspecified atom stereocenters. The summed E-state index contributed by atoms with van der Waals surface area (Å²) >= 11 is 1.72. The van der Waals surface area contributed by atoms with Gasteiger partial charge >= 0.3 is 0 Å². The second kappa shape index (κ2) is 5.82. The van der Waals surface area contributed by atoms with Gasteiger partial charge in [0.2, 0.25) is 0 Å². The van der Waals surface area contributed by atoms with Gasteiger partial charge in [-0.1, -0.05) is 6.92 Å². The lowest BCUT2D eigenvalue weighted by atomic mass is 10.2. The summed E-state index contributed by atoms with van der Waals surface area (Å²) in [5, 5.41) is 7.60. The molecule has 4 nitrogen and oxygen atoms in total. The molecular formula is C13H18N4S. The maximum atomic E-state index is 5.87. The molecule has 5 heteroatoms. The van der Waals surface area contributed by atoms with Gasteiger partial charge in [-0.15, -0.1) is 0 Å². The van der Waals surface area contributed by atoms with Gasteiger partial charge in [-0.3, -0.25) is 0 Å². The molecule has 2 aromatic rings. The summed E-state index contributed by atoms with van der Waals surface area (Å²) in [7, 11) is 0. The zero-order chi connectivity index (χ0) is 13.0. The highest BCUT2D eigenvalue weighted by Gasteiger charge is 2.07. The quantitative estimate of drug-likeness (QED) is 0.869. The largest absolute Gasteiger partial charge is 0.383 e. The fourth-order valence-corrected chi connectivity index (χ4v) is 2.38. The fraction of sp³-hybridized carbons (Fsp3) is 0.385. The van der Waals surface area contributed by atoms with Crippen LogP contribution in [0.3, 0.4) is 0 Å². The van der Waals surface area contributed by atoms with Gasteiger partial charge in [0.15, 0.2) is 0 Å². The lowest BCUT2D eigenvalue weighted by Gasteiger charge is -2.11. The molecule has 0 amide bonds. The van der Waals surface area contributed by atoms with E-state index in [9.17, 15) is 0 Å². The molecule has 2 rings (SSSR count). The smallest absolute Gasteiger partial charge is 0.134 e. The third-order valence-corrected chi connectivity index (χ3v) is 3.56.